The quantitative estimate of drug-likeness (QED) is 0.905. The molecule has 2 aromatic rings. The number of benzene rings is 2. The van der Waals surface area contributed by atoms with Gasteiger partial charge in [-0.05, 0) is 29.7 Å². The van der Waals surface area contributed by atoms with Gasteiger partial charge in [0.05, 0.1) is 13.2 Å². The zero-order valence-electron chi connectivity index (χ0n) is 12.5. The van der Waals surface area contributed by atoms with Gasteiger partial charge in [0.25, 0.3) is 0 Å². The van der Waals surface area contributed by atoms with Gasteiger partial charge in [-0.25, -0.2) is 0 Å². The number of rotatable bonds is 4. The summed E-state index contributed by atoms with van der Waals surface area (Å²) in [6, 6.07) is 12.1. The SMILES string of the molecule is COc1ccc2ccccc2c1C(O)C1(CN)CCCC1. The Balaban J connectivity index is 2.17. The predicted molar refractivity (Wildman–Crippen MR) is 85.4 cm³/mol. The zero-order valence-corrected chi connectivity index (χ0v) is 12.5. The topological polar surface area (TPSA) is 55.5 Å². The van der Waals surface area contributed by atoms with Crippen LogP contribution in [-0.4, -0.2) is 18.8 Å². The minimum atomic E-state index is -0.578. The van der Waals surface area contributed by atoms with Crippen LogP contribution >= 0.6 is 0 Å². The second kappa shape index (κ2) is 5.66. The molecule has 1 atom stereocenters. The van der Waals surface area contributed by atoms with E-state index in [1.165, 1.54) is 0 Å². The van der Waals surface area contributed by atoms with Gasteiger partial charge in [-0.1, -0.05) is 43.2 Å². The molecule has 3 heteroatoms. The molecule has 1 aliphatic carbocycles. The van der Waals surface area contributed by atoms with Crippen molar-refractivity contribution in [1.29, 1.82) is 0 Å². The van der Waals surface area contributed by atoms with E-state index in [0.717, 1.165) is 47.8 Å². The fraction of sp³-hybridized carbons (Fsp3) is 0.444. The molecule has 0 radical (unpaired) electrons. The second-order valence-electron chi connectivity index (χ2n) is 6.08. The maximum absolute atomic E-state index is 11.1. The molecule has 1 fully saturated rings. The lowest BCUT2D eigenvalue weighted by atomic mass is 9.76. The van der Waals surface area contributed by atoms with Crippen LogP contribution in [0.15, 0.2) is 36.4 Å². The van der Waals surface area contributed by atoms with Crippen LogP contribution in [0.1, 0.15) is 37.4 Å². The molecule has 21 heavy (non-hydrogen) atoms. The molecular formula is C18H23NO2. The lowest BCUT2D eigenvalue weighted by Gasteiger charge is -2.34. The number of fused-ring (bicyclic) bond motifs is 1. The van der Waals surface area contributed by atoms with Crippen molar-refractivity contribution >= 4 is 10.8 Å². The van der Waals surface area contributed by atoms with Crippen molar-refractivity contribution in [3.05, 3.63) is 42.0 Å². The Bertz CT molecular complexity index is 632. The molecule has 1 aliphatic rings. The van der Waals surface area contributed by atoms with Crippen molar-refractivity contribution in [2.75, 3.05) is 13.7 Å². The van der Waals surface area contributed by atoms with Crippen molar-refractivity contribution < 1.29 is 9.84 Å². The Hall–Kier alpha value is -1.58. The Kier molecular flexibility index (Phi) is 3.87. The Morgan fingerprint density at radius 1 is 1.19 bits per heavy atom. The van der Waals surface area contributed by atoms with Crippen molar-refractivity contribution in [1.82, 2.24) is 0 Å². The third-order valence-electron chi connectivity index (χ3n) is 5.01. The summed E-state index contributed by atoms with van der Waals surface area (Å²) in [5, 5.41) is 13.3. The van der Waals surface area contributed by atoms with Gasteiger partial charge in [-0.2, -0.15) is 0 Å². The Labute approximate surface area is 125 Å². The molecule has 3 rings (SSSR count). The fourth-order valence-corrected chi connectivity index (χ4v) is 3.71. The molecule has 3 N–H and O–H groups in total. The Morgan fingerprint density at radius 3 is 2.57 bits per heavy atom. The average molecular weight is 285 g/mol. The summed E-state index contributed by atoms with van der Waals surface area (Å²) in [4.78, 5) is 0. The minimum absolute atomic E-state index is 0.211. The summed E-state index contributed by atoms with van der Waals surface area (Å²) in [5.74, 6) is 0.751. The van der Waals surface area contributed by atoms with E-state index < -0.39 is 6.10 Å². The Morgan fingerprint density at radius 2 is 1.90 bits per heavy atom. The highest BCUT2D eigenvalue weighted by Gasteiger charge is 2.41. The largest absolute Gasteiger partial charge is 0.496 e. The third-order valence-corrected chi connectivity index (χ3v) is 5.01. The monoisotopic (exact) mass is 285 g/mol. The van der Waals surface area contributed by atoms with Crippen LogP contribution < -0.4 is 10.5 Å². The molecule has 3 nitrogen and oxygen atoms in total. The van der Waals surface area contributed by atoms with Gasteiger partial charge in [0.1, 0.15) is 5.75 Å². The van der Waals surface area contributed by atoms with Gasteiger partial charge in [-0.3, -0.25) is 0 Å². The lowest BCUT2D eigenvalue weighted by Crippen LogP contribution is -2.34. The van der Waals surface area contributed by atoms with Crippen molar-refractivity contribution in [2.45, 2.75) is 31.8 Å². The van der Waals surface area contributed by atoms with Crippen LogP contribution in [0.5, 0.6) is 5.75 Å². The summed E-state index contributed by atoms with van der Waals surface area (Å²) in [7, 11) is 1.66. The summed E-state index contributed by atoms with van der Waals surface area (Å²) in [6.45, 7) is 0.514. The van der Waals surface area contributed by atoms with Crippen LogP contribution in [0.25, 0.3) is 10.8 Å². The number of ether oxygens (including phenoxy) is 1. The molecule has 0 spiro atoms. The highest BCUT2D eigenvalue weighted by atomic mass is 16.5. The van der Waals surface area contributed by atoms with Crippen molar-refractivity contribution in [2.24, 2.45) is 11.1 Å². The molecule has 0 aromatic heterocycles. The van der Waals surface area contributed by atoms with E-state index >= 15 is 0 Å². The number of aliphatic hydroxyl groups excluding tert-OH is 1. The predicted octanol–water partition coefficient (Wildman–Crippen LogP) is 3.40. The van der Waals surface area contributed by atoms with E-state index in [-0.39, 0.29) is 5.41 Å². The van der Waals surface area contributed by atoms with E-state index in [1.54, 1.807) is 7.11 Å². The molecule has 1 saturated carbocycles. The highest BCUT2D eigenvalue weighted by Crippen LogP contribution is 2.50. The standard InChI is InChI=1S/C18H23NO2/c1-21-15-9-8-13-6-2-3-7-14(13)16(15)17(20)18(12-19)10-4-5-11-18/h2-3,6-9,17,20H,4-5,10-12,19H2,1H3. The molecular weight excluding hydrogens is 262 g/mol. The summed E-state index contributed by atoms with van der Waals surface area (Å²) in [6.07, 6.45) is 3.67. The van der Waals surface area contributed by atoms with Gasteiger partial charge in [-0.15, -0.1) is 0 Å². The highest BCUT2D eigenvalue weighted by molar-refractivity contribution is 5.88. The molecule has 1 unspecified atom stereocenters. The van der Waals surface area contributed by atoms with Crippen LogP contribution in [0.2, 0.25) is 0 Å². The lowest BCUT2D eigenvalue weighted by molar-refractivity contribution is 0.0327. The number of methoxy groups -OCH3 is 1. The second-order valence-corrected chi connectivity index (χ2v) is 6.08. The number of hydrogen-bond acceptors (Lipinski definition) is 3. The summed E-state index contributed by atoms with van der Waals surface area (Å²) in [5.41, 5.74) is 6.72. The van der Waals surface area contributed by atoms with Crippen molar-refractivity contribution in [3.63, 3.8) is 0 Å². The molecule has 0 aliphatic heterocycles. The van der Waals surface area contributed by atoms with Gasteiger partial charge in [0, 0.05) is 17.5 Å². The number of nitrogens with two attached hydrogens (primary N) is 1. The van der Waals surface area contributed by atoms with E-state index in [1.807, 2.05) is 24.3 Å². The van der Waals surface area contributed by atoms with Gasteiger partial charge in [0.2, 0.25) is 0 Å². The van der Waals surface area contributed by atoms with Crippen LogP contribution in [0.3, 0.4) is 0 Å². The van der Waals surface area contributed by atoms with Gasteiger partial charge in [0.15, 0.2) is 0 Å². The summed E-state index contributed by atoms with van der Waals surface area (Å²) >= 11 is 0. The van der Waals surface area contributed by atoms with Crippen LogP contribution in [0.4, 0.5) is 0 Å². The maximum atomic E-state index is 11.1. The first-order valence-electron chi connectivity index (χ1n) is 7.65. The molecule has 0 saturated heterocycles. The van der Waals surface area contributed by atoms with E-state index in [4.69, 9.17) is 10.5 Å². The maximum Gasteiger partial charge on any atom is 0.125 e. The average Bonchev–Trinajstić information content (AvgIpc) is 3.03. The first kappa shape index (κ1) is 14.4. The van der Waals surface area contributed by atoms with Crippen LogP contribution in [-0.2, 0) is 0 Å². The van der Waals surface area contributed by atoms with E-state index in [0.29, 0.717) is 6.54 Å². The zero-order chi connectivity index (χ0) is 14.9. The number of hydrogen-bond donors (Lipinski definition) is 2. The normalized spacial score (nSPS) is 18.8. The van der Waals surface area contributed by atoms with Gasteiger partial charge < -0.3 is 15.6 Å². The first-order valence-corrected chi connectivity index (χ1v) is 7.65. The van der Waals surface area contributed by atoms with E-state index in [9.17, 15) is 5.11 Å². The molecule has 0 heterocycles. The molecule has 112 valence electrons. The van der Waals surface area contributed by atoms with E-state index in [2.05, 4.69) is 12.1 Å². The van der Waals surface area contributed by atoms with Crippen LogP contribution in [0, 0.1) is 5.41 Å². The molecule has 0 bridgehead atoms. The fourth-order valence-electron chi connectivity index (χ4n) is 3.71. The molecule has 0 amide bonds. The summed E-state index contributed by atoms with van der Waals surface area (Å²) < 4.78 is 5.52. The molecule has 2 aromatic carbocycles. The first-order chi connectivity index (χ1) is 10.2. The number of aliphatic hydroxyl groups is 1. The minimum Gasteiger partial charge on any atom is -0.496 e. The smallest absolute Gasteiger partial charge is 0.125 e. The van der Waals surface area contributed by atoms with Crippen molar-refractivity contribution in [3.8, 4) is 5.75 Å². The van der Waals surface area contributed by atoms with Gasteiger partial charge >= 0.3 is 0 Å². The third kappa shape index (κ3) is 2.30.